The molecule has 0 spiro atoms. The van der Waals surface area contributed by atoms with Gasteiger partial charge in [0.05, 0.1) is 38.3 Å². The number of nitrogens with two attached hydrogens (primary N) is 1. The van der Waals surface area contributed by atoms with Gasteiger partial charge in [0.25, 0.3) is 0 Å². The second-order valence-electron chi connectivity index (χ2n) is 32.0. The Hall–Kier alpha value is -7.88. The van der Waals surface area contributed by atoms with E-state index in [4.69, 9.17) is 44.4 Å². The summed E-state index contributed by atoms with van der Waals surface area (Å²) in [6.07, 6.45) is 11.7. The van der Waals surface area contributed by atoms with Crippen molar-refractivity contribution in [1.29, 1.82) is 0 Å². The van der Waals surface area contributed by atoms with E-state index in [2.05, 4.69) is 142 Å². The number of aromatic nitrogens is 5. The summed E-state index contributed by atoms with van der Waals surface area (Å²) in [5, 5.41) is 30.8. The molecule has 10 aromatic rings. The summed E-state index contributed by atoms with van der Waals surface area (Å²) in [6.45, 7) is 41.4. The van der Waals surface area contributed by atoms with Gasteiger partial charge in [-0.3, -0.25) is 29.1 Å². The van der Waals surface area contributed by atoms with Gasteiger partial charge in [0.15, 0.2) is 0 Å². The van der Waals surface area contributed by atoms with E-state index in [1.807, 2.05) is 105 Å². The monoisotopic (exact) mass is 1920 g/mol. The van der Waals surface area contributed by atoms with Crippen LogP contribution in [0.3, 0.4) is 0 Å². The van der Waals surface area contributed by atoms with Crippen LogP contribution in [0, 0.1) is 12.0 Å². The number of carboxylic acid groups (broad SMARTS) is 2. The molecule has 25 nitrogen and oxygen atoms in total. The normalized spacial score (nSPS) is 11.8. The number of aromatic amines is 5. The van der Waals surface area contributed by atoms with Crippen LogP contribution in [0.2, 0.25) is 0 Å². The van der Waals surface area contributed by atoms with Crippen LogP contribution in [0.1, 0.15) is 192 Å². The van der Waals surface area contributed by atoms with Crippen LogP contribution in [0.25, 0.3) is 60.1 Å². The SMILES string of the molecule is C=C(C)c1cccc2c(C[C@H](NC(=O)OC(C)(C)C)C(=O)OC)c[nH]c12.C=[C-]C.CC(C)c1cccc2c(C[C@H](C)C(=O)O)c[nH]c12.CC(C)c1cccc2c(C[C@H](N)C(=O)O)c[nH]c12.COC(=O)[C@H](Cc1c[nH]c2c(Br)cccc12)NC(=O)OC(C)(C)C.COC(=O)[C@H](Cc1c[nH]c2c(C(C)C)cccc12)NC(=O)OC(C)(C)C.FB(F)F.S.S.S.S.S.[K+]. The van der Waals surface area contributed by atoms with E-state index in [0.29, 0.717) is 43.4 Å². The average molecular weight is 1930 g/mol. The molecule has 0 aliphatic carbocycles. The molecule has 0 bridgehead atoms. The smallest absolute Gasteiger partial charge is 0.507 e. The summed E-state index contributed by atoms with van der Waals surface area (Å²) in [5.74, 6) is -2.37. The van der Waals surface area contributed by atoms with Crippen LogP contribution in [-0.2, 0) is 84.5 Å². The zero-order chi connectivity index (χ0) is 89.7. The van der Waals surface area contributed by atoms with E-state index in [0.717, 1.165) is 97.9 Å². The summed E-state index contributed by atoms with van der Waals surface area (Å²) in [5.41, 5.74) is 19.3. The molecular formula is C89H127BBrF3KN9O16S5. The fourth-order valence-electron chi connectivity index (χ4n) is 12.5. The van der Waals surface area contributed by atoms with Gasteiger partial charge < -0.3 is 91.3 Å². The summed E-state index contributed by atoms with van der Waals surface area (Å²) in [6, 6.07) is 26.8. The van der Waals surface area contributed by atoms with Crippen molar-refractivity contribution in [1.82, 2.24) is 40.9 Å². The fourth-order valence-corrected chi connectivity index (χ4v) is 13.0. The number of aliphatic carboxylic acids is 2. The second-order valence-corrected chi connectivity index (χ2v) is 32.8. The van der Waals surface area contributed by atoms with Crippen LogP contribution < -0.4 is 73.1 Å². The quantitative estimate of drug-likeness (QED) is 0.0130. The Bertz CT molecular complexity index is 4990. The molecule has 36 heteroatoms. The van der Waals surface area contributed by atoms with E-state index >= 15 is 0 Å². The van der Waals surface area contributed by atoms with E-state index in [9.17, 15) is 51.3 Å². The molecule has 5 heterocycles. The van der Waals surface area contributed by atoms with Crippen molar-refractivity contribution in [3.05, 3.63) is 196 Å². The maximum Gasteiger partial charge on any atom is 1.00 e. The standard InChI is InChI=1S/C20H28N2O4.C20H26N2O4.C17H21BrN2O4.C15H19NO2.C14H18N2O2.C3H5.BF3.K.5H2S/c2*1-12(2)14-8-7-9-15-13(11-21-17(14)15)10-16(18(23)25-6)22-19(24)26-20(3,4)5;1-17(2,3)24-16(22)20-13(15(21)23-4)8-10-9-19-14-11(10)6-5-7-12(14)18;1-9(2)12-5-4-6-13-11(8-16-14(12)13)7-10(3)15(17)18;1-8(2)10-4-3-5-11-9(7-16-13(10)11)6-12(15)14(17)18;1-3-2;2-1(3)4;;;;;;/h7-9,11-12,16,21H,10H2,1-6H3,(H,22,24);7-9,11,16,21H,1,10H2,2-6H3,(H,22,24);5-7,9,13,19H,8H2,1-4H3,(H,20,22);4-6,8-10,16H,7H2,1-3H3,(H,17,18);3-5,7-8,12,16H,6,15H2,1-2H3,(H,17,18);1H2,2H3;;;5*1H2/q;;;;;-1;;+1;;;;;/t2*16-;13-;10-;12-;;;;;;;;/m00000......../s1. The van der Waals surface area contributed by atoms with Gasteiger partial charge >= 0.3 is 107 Å². The number of rotatable bonds is 22. The Morgan fingerprint density at radius 3 is 0.968 bits per heavy atom. The number of alkyl carbamates (subject to hydrolysis) is 3. The van der Waals surface area contributed by atoms with Crippen molar-refractivity contribution in [3.8, 4) is 0 Å². The van der Waals surface area contributed by atoms with Gasteiger partial charge in [-0.25, -0.2) is 28.8 Å². The number of hydrogen-bond donors (Lipinski definition) is 11. The minimum atomic E-state index is -3.67. The number of nitrogens with one attached hydrogen (secondary N) is 8. The first-order chi connectivity index (χ1) is 55.6. The molecule has 125 heavy (non-hydrogen) atoms. The number of H-pyrrole nitrogens is 5. The number of esters is 3. The second kappa shape index (κ2) is 57.1. The van der Waals surface area contributed by atoms with E-state index in [1.54, 1.807) is 76.2 Å². The van der Waals surface area contributed by atoms with E-state index in [1.165, 1.54) is 38.0 Å². The first-order valence-corrected chi connectivity index (χ1v) is 39.5. The average Bonchev–Trinajstić information content (AvgIpc) is 1.67. The van der Waals surface area contributed by atoms with Gasteiger partial charge in [0.2, 0.25) is 0 Å². The summed E-state index contributed by atoms with van der Waals surface area (Å²) >= 11 is 3.48. The van der Waals surface area contributed by atoms with Gasteiger partial charge in [-0.1, -0.05) is 140 Å². The van der Waals surface area contributed by atoms with Crippen molar-refractivity contribution in [2.45, 2.75) is 215 Å². The first kappa shape index (κ1) is 121. The van der Waals surface area contributed by atoms with E-state index in [-0.39, 0.29) is 131 Å². The third-order valence-corrected chi connectivity index (χ3v) is 18.5. The molecular weight excluding hydrogens is 1800 g/mol. The Kier molecular flexibility index (Phi) is 55.4. The predicted molar refractivity (Wildman–Crippen MR) is 518 cm³/mol. The van der Waals surface area contributed by atoms with Crippen molar-refractivity contribution < 1.29 is 141 Å². The van der Waals surface area contributed by atoms with Crippen LogP contribution in [0.5, 0.6) is 0 Å². The number of carbonyl (C=O) groups excluding carboxylic acids is 6. The first-order valence-electron chi connectivity index (χ1n) is 38.7. The van der Waals surface area contributed by atoms with Crippen LogP contribution >= 0.6 is 83.4 Å². The van der Waals surface area contributed by atoms with Crippen molar-refractivity contribution >= 4 is 199 Å². The number of hydrogen-bond acceptors (Lipinski definition) is 15. The number of halogens is 4. The molecule has 0 radical (unpaired) electrons. The zero-order valence-electron chi connectivity index (χ0n) is 75.4. The molecule has 5 aromatic heterocycles. The molecule has 0 unspecified atom stereocenters. The molecule has 5 atom stereocenters. The van der Waals surface area contributed by atoms with Gasteiger partial charge in [0, 0.05) is 110 Å². The van der Waals surface area contributed by atoms with Crippen LogP contribution in [0.15, 0.2) is 140 Å². The zero-order valence-corrected chi connectivity index (χ0v) is 85.1. The molecule has 3 amide bonds. The fraction of sp³-hybridized carbons (Fsp3) is 0.416. The van der Waals surface area contributed by atoms with Gasteiger partial charge in [0.1, 0.15) is 41.0 Å². The molecule has 5 aromatic carbocycles. The number of amides is 3. The number of carboxylic acids is 2. The Labute approximate surface area is 817 Å². The number of para-hydroxylation sites is 5. The molecule has 0 fully saturated rings. The summed E-state index contributed by atoms with van der Waals surface area (Å²) in [4.78, 5) is 110. The van der Waals surface area contributed by atoms with Crippen molar-refractivity contribution in [2.75, 3.05) is 21.3 Å². The number of fused-ring (bicyclic) bond motifs is 5. The molecule has 0 saturated heterocycles. The number of methoxy groups -OCH3 is 3. The molecule has 686 valence electrons. The number of carbonyl (C=O) groups is 8. The molecule has 0 aliphatic heterocycles. The summed E-state index contributed by atoms with van der Waals surface area (Å²) < 4.78 is 60.1. The molecule has 0 saturated carbocycles. The molecule has 10 rings (SSSR count). The number of ether oxygens (including phenoxy) is 6. The van der Waals surface area contributed by atoms with Gasteiger partial charge in [-0.2, -0.15) is 74.4 Å². The third-order valence-electron chi connectivity index (χ3n) is 17.9. The van der Waals surface area contributed by atoms with Crippen molar-refractivity contribution in [3.63, 3.8) is 0 Å². The maximum atomic E-state index is 12.1. The largest absolute Gasteiger partial charge is 1.00 e. The van der Waals surface area contributed by atoms with E-state index < -0.39 is 96.6 Å². The number of benzene rings is 5. The van der Waals surface area contributed by atoms with Crippen molar-refractivity contribution in [2.24, 2.45) is 11.7 Å². The third kappa shape index (κ3) is 39.3. The molecule has 0 aliphatic rings. The summed E-state index contributed by atoms with van der Waals surface area (Å²) in [7, 11) is 0.219. The Morgan fingerprint density at radius 2 is 0.704 bits per heavy atom. The predicted octanol–water partition coefficient (Wildman–Crippen LogP) is 16.5. The van der Waals surface area contributed by atoms with Crippen LogP contribution in [-0.4, -0.2) is 153 Å². The van der Waals surface area contributed by atoms with Crippen LogP contribution in [0.4, 0.5) is 27.3 Å². The maximum absolute atomic E-state index is 12.1. The minimum Gasteiger partial charge on any atom is -0.507 e. The number of allylic oxidation sites excluding steroid dienone is 2. The Balaban J connectivity index is -0.00000145. The van der Waals surface area contributed by atoms with Gasteiger partial charge in [-0.05, 0) is 165 Å². The minimum absolute atomic E-state index is 0. The molecule has 12 N–H and O–H groups in total. The topological polar surface area (TPSA) is 373 Å². The Morgan fingerprint density at radius 1 is 0.456 bits per heavy atom. The van der Waals surface area contributed by atoms with Gasteiger partial charge in [-0.15, -0.1) is 0 Å².